The highest BCUT2D eigenvalue weighted by Gasteiger charge is 2.29. The largest absolute Gasteiger partial charge is 0.374 e. The van der Waals surface area contributed by atoms with Crippen molar-refractivity contribution >= 4 is 23.2 Å². The molecule has 1 aromatic rings. The van der Waals surface area contributed by atoms with E-state index in [2.05, 4.69) is 12.2 Å². The van der Waals surface area contributed by atoms with Crippen LogP contribution in [-0.2, 0) is 11.2 Å². The maximum Gasteiger partial charge on any atom is 0.0735 e. The van der Waals surface area contributed by atoms with Gasteiger partial charge in [0.2, 0.25) is 0 Å². The van der Waals surface area contributed by atoms with Gasteiger partial charge in [-0.25, -0.2) is 0 Å². The highest BCUT2D eigenvalue weighted by Crippen LogP contribution is 2.26. The fourth-order valence-corrected chi connectivity index (χ4v) is 2.96. The average molecular weight is 288 g/mol. The van der Waals surface area contributed by atoms with Crippen LogP contribution in [0.25, 0.3) is 0 Å². The van der Waals surface area contributed by atoms with Crippen LogP contribution in [0.5, 0.6) is 0 Å². The van der Waals surface area contributed by atoms with Gasteiger partial charge in [-0.3, -0.25) is 0 Å². The number of ether oxygens (including phenoxy) is 1. The number of likely N-dealkylation sites (N-methyl/N-ethyl adjacent to an activating group) is 1. The molecule has 100 valence electrons. The van der Waals surface area contributed by atoms with Crippen molar-refractivity contribution in [3.05, 3.63) is 33.8 Å². The molecule has 0 aliphatic carbocycles. The minimum Gasteiger partial charge on any atom is -0.374 e. The van der Waals surface area contributed by atoms with Crippen LogP contribution in [0.15, 0.2) is 18.2 Å². The van der Waals surface area contributed by atoms with E-state index in [9.17, 15) is 0 Å². The lowest BCUT2D eigenvalue weighted by Gasteiger charge is -2.23. The van der Waals surface area contributed by atoms with Gasteiger partial charge in [-0.1, -0.05) is 29.3 Å². The summed E-state index contributed by atoms with van der Waals surface area (Å²) >= 11 is 12.1. The number of benzene rings is 1. The molecule has 18 heavy (non-hydrogen) atoms. The first-order valence-electron chi connectivity index (χ1n) is 6.37. The van der Waals surface area contributed by atoms with Crippen molar-refractivity contribution < 1.29 is 4.74 Å². The number of halogens is 2. The zero-order valence-electron chi connectivity index (χ0n) is 10.7. The summed E-state index contributed by atoms with van der Waals surface area (Å²) in [5, 5.41) is 4.74. The molecular formula is C14H19Cl2NO. The van der Waals surface area contributed by atoms with Crippen molar-refractivity contribution in [3.63, 3.8) is 0 Å². The number of nitrogens with one attached hydrogen (secondary N) is 1. The lowest BCUT2D eigenvalue weighted by Crippen LogP contribution is -2.39. The van der Waals surface area contributed by atoms with E-state index < -0.39 is 0 Å². The predicted octanol–water partition coefficient (Wildman–Crippen LogP) is 3.69. The normalized spacial score (nSPS) is 25.3. The minimum absolute atomic E-state index is 0.275. The highest BCUT2D eigenvalue weighted by molar-refractivity contribution is 6.35. The molecule has 1 fully saturated rings. The van der Waals surface area contributed by atoms with E-state index in [4.69, 9.17) is 27.9 Å². The van der Waals surface area contributed by atoms with E-state index in [-0.39, 0.29) is 6.10 Å². The Kier molecular flexibility index (Phi) is 4.91. The van der Waals surface area contributed by atoms with Gasteiger partial charge in [-0.05, 0) is 50.9 Å². The molecule has 1 saturated heterocycles. The summed E-state index contributed by atoms with van der Waals surface area (Å²) in [5.41, 5.74) is 1.11. The standard InChI is InChI=1S/C14H19Cl2NO/c1-9-3-6-14(18-9)13(17-2)7-10-4-5-11(15)8-12(10)16/h4-5,8-9,13-14,17H,3,6-7H2,1-2H3. The number of hydrogen-bond donors (Lipinski definition) is 1. The van der Waals surface area contributed by atoms with Crippen LogP contribution in [0.1, 0.15) is 25.3 Å². The first-order chi connectivity index (χ1) is 8.60. The molecule has 0 radical (unpaired) electrons. The second-order valence-corrected chi connectivity index (χ2v) is 5.74. The van der Waals surface area contributed by atoms with Crippen molar-refractivity contribution in [1.29, 1.82) is 0 Å². The van der Waals surface area contributed by atoms with Crippen molar-refractivity contribution in [2.24, 2.45) is 0 Å². The number of rotatable bonds is 4. The molecular weight excluding hydrogens is 269 g/mol. The van der Waals surface area contributed by atoms with Crippen LogP contribution in [0.3, 0.4) is 0 Å². The molecule has 0 spiro atoms. The van der Waals surface area contributed by atoms with Crippen LogP contribution in [0.2, 0.25) is 10.0 Å². The Morgan fingerprint density at radius 2 is 2.17 bits per heavy atom. The van der Waals surface area contributed by atoms with Gasteiger partial charge in [0.05, 0.1) is 12.2 Å². The lowest BCUT2D eigenvalue weighted by molar-refractivity contribution is 0.0337. The van der Waals surface area contributed by atoms with Crippen molar-refractivity contribution in [1.82, 2.24) is 5.32 Å². The molecule has 4 heteroatoms. The van der Waals surface area contributed by atoms with Crippen LogP contribution < -0.4 is 5.32 Å². The fraction of sp³-hybridized carbons (Fsp3) is 0.571. The molecule has 0 aromatic heterocycles. The van der Waals surface area contributed by atoms with Gasteiger partial charge < -0.3 is 10.1 Å². The fourth-order valence-electron chi connectivity index (χ4n) is 2.47. The zero-order valence-corrected chi connectivity index (χ0v) is 12.3. The van der Waals surface area contributed by atoms with Crippen molar-refractivity contribution in [2.45, 2.75) is 44.4 Å². The van der Waals surface area contributed by atoms with E-state index in [1.807, 2.05) is 19.2 Å². The second-order valence-electron chi connectivity index (χ2n) is 4.90. The molecule has 3 unspecified atom stereocenters. The third-order valence-corrected chi connectivity index (χ3v) is 4.13. The summed E-state index contributed by atoms with van der Waals surface area (Å²) < 4.78 is 5.92. The smallest absolute Gasteiger partial charge is 0.0735 e. The Labute approximate surface area is 119 Å². The molecule has 0 saturated carbocycles. The molecule has 3 atom stereocenters. The summed E-state index contributed by atoms with van der Waals surface area (Å²) in [6.45, 7) is 2.13. The van der Waals surface area contributed by atoms with Gasteiger partial charge >= 0.3 is 0 Å². The van der Waals surface area contributed by atoms with Gasteiger partial charge in [-0.15, -0.1) is 0 Å². The maximum atomic E-state index is 6.21. The Morgan fingerprint density at radius 1 is 1.39 bits per heavy atom. The minimum atomic E-state index is 0.275. The van der Waals surface area contributed by atoms with Crippen LogP contribution in [-0.4, -0.2) is 25.3 Å². The van der Waals surface area contributed by atoms with Gasteiger partial charge in [-0.2, -0.15) is 0 Å². The monoisotopic (exact) mass is 287 g/mol. The molecule has 0 amide bonds. The average Bonchev–Trinajstić information content (AvgIpc) is 2.75. The Bertz CT molecular complexity index is 411. The van der Waals surface area contributed by atoms with E-state index in [1.165, 1.54) is 0 Å². The predicted molar refractivity (Wildman–Crippen MR) is 76.6 cm³/mol. The molecule has 0 bridgehead atoms. The summed E-state index contributed by atoms with van der Waals surface area (Å²) in [4.78, 5) is 0. The van der Waals surface area contributed by atoms with Crippen LogP contribution in [0.4, 0.5) is 0 Å². The maximum absolute atomic E-state index is 6.21. The molecule has 1 heterocycles. The Balaban J connectivity index is 2.05. The summed E-state index contributed by atoms with van der Waals surface area (Å²) in [7, 11) is 1.97. The second kappa shape index (κ2) is 6.25. The molecule has 1 aromatic carbocycles. The lowest BCUT2D eigenvalue weighted by atomic mass is 9.99. The topological polar surface area (TPSA) is 21.3 Å². The molecule has 1 aliphatic rings. The third kappa shape index (κ3) is 3.39. The third-order valence-electron chi connectivity index (χ3n) is 3.54. The Morgan fingerprint density at radius 3 is 2.72 bits per heavy atom. The zero-order chi connectivity index (χ0) is 13.1. The molecule has 2 rings (SSSR count). The first-order valence-corrected chi connectivity index (χ1v) is 7.12. The van der Waals surface area contributed by atoms with E-state index in [0.29, 0.717) is 17.2 Å². The van der Waals surface area contributed by atoms with Crippen molar-refractivity contribution in [3.8, 4) is 0 Å². The van der Waals surface area contributed by atoms with E-state index in [1.54, 1.807) is 6.07 Å². The van der Waals surface area contributed by atoms with Gasteiger partial charge in [0.25, 0.3) is 0 Å². The van der Waals surface area contributed by atoms with Crippen LogP contribution in [0, 0.1) is 0 Å². The van der Waals surface area contributed by atoms with E-state index >= 15 is 0 Å². The summed E-state index contributed by atoms with van der Waals surface area (Å²) in [5.74, 6) is 0. The SMILES string of the molecule is CNC(Cc1ccc(Cl)cc1Cl)C1CCC(C)O1. The molecule has 2 nitrogen and oxygen atoms in total. The van der Waals surface area contributed by atoms with Crippen LogP contribution >= 0.6 is 23.2 Å². The quantitative estimate of drug-likeness (QED) is 0.912. The summed E-state index contributed by atoms with van der Waals surface area (Å²) in [6, 6.07) is 5.97. The Hall–Kier alpha value is -0.280. The first kappa shape index (κ1) is 14.1. The van der Waals surface area contributed by atoms with E-state index in [0.717, 1.165) is 29.8 Å². The molecule has 1 aliphatic heterocycles. The molecule has 1 N–H and O–H groups in total. The number of hydrogen-bond acceptors (Lipinski definition) is 2. The van der Waals surface area contributed by atoms with Gasteiger partial charge in [0, 0.05) is 16.1 Å². The van der Waals surface area contributed by atoms with Gasteiger partial charge in [0.1, 0.15) is 0 Å². The highest BCUT2D eigenvalue weighted by atomic mass is 35.5. The van der Waals surface area contributed by atoms with Crippen molar-refractivity contribution in [2.75, 3.05) is 7.05 Å². The summed E-state index contributed by atoms with van der Waals surface area (Å²) in [6.07, 6.45) is 3.75. The van der Waals surface area contributed by atoms with Gasteiger partial charge in [0.15, 0.2) is 0 Å².